The maximum Gasteiger partial charge on any atom is 0.191 e. The number of phenolic OH excluding ortho intramolecular Hbond substituents is 1. The first-order valence-corrected chi connectivity index (χ1v) is 9.04. The number of hydrogen-bond donors (Lipinski definition) is 3. The summed E-state index contributed by atoms with van der Waals surface area (Å²) in [5.74, 6) is 2.47. The summed E-state index contributed by atoms with van der Waals surface area (Å²) in [5, 5.41) is 16.2. The molecule has 1 fully saturated rings. The average Bonchev–Trinajstić information content (AvgIpc) is 2.92. The van der Waals surface area contributed by atoms with Gasteiger partial charge in [0, 0.05) is 17.8 Å². The number of halogens is 1. The van der Waals surface area contributed by atoms with Crippen molar-refractivity contribution in [3.05, 3.63) is 29.8 Å². The second-order valence-corrected chi connectivity index (χ2v) is 7.63. The van der Waals surface area contributed by atoms with Crippen molar-refractivity contribution in [2.75, 3.05) is 25.4 Å². The molecule has 130 valence electrons. The van der Waals surface area contributed by atoms with Crippen molar-refractivity contribution in [2.45, 2.75) is 37.9 Å². The first kappa shape index (κ1) is 20.4. The van der Waals surface area contributed by atoms with Gasteiger partial charge in [0.25, 0.3) is 0 Å². The lowest BCUT2D eigenvalue weighted by atomic mass is 10.1. The van der Waals surface area contributed by atoms with E-state index in [4.69, 9.17) is 4.99 Å². The molecule has 1 aliphatic rings. The van der Waals surface area contributed by atoms with E-state index in [1.54, 1.807) is 6.07 Å². The smallest absolute Gasteiger partial charge is 0.191 e. The fourth-order valence-electron chi connectivity index (χ4n) is 2.59. The van der Waals surface area contributed by atoms with Gasteiger partial charge in [-0.15, -0.1) is 24.0 Å². The number of benzene rings is 1. The number of guanidine groups is 1. The molecule has 6 heteroatoms. The number of aliphatic imine (C=N–C) groups is 1. The van der Waals surface area contributed by atoms with E-state index < -0.39 is 0 Å². The van der Waals surface area contributed by atoms with Crippen molar-refractivity contribution in [3.63, 3.8) is 0 Å². The summed E-state index contributed by atoms with van der Waals surface area (Å²) in [6, 6.07) is 7.41. The zero-order chi connectivity index (χ0) is 15.8. The minimum atomic E-state index is 0. The second kappa shape index (κ2) is 10.3. The summed E-state index contributed by atoms with van der Waals surface area (Å²) in [6.45, 7) is 6.92. The molecule has 4 nitrogen and oxygen atoms in total. The zero-order valence-corrected chi connectivity index (χ0v) is 17.1. The molecule has 0 saturated carbocycles. The summed E-state index contributed by atoms with van der Waals surface area (Å²) < 4.78 is 0.299. The lowest BCUT2D eigenvalue weighted by Gasteiger charge is -2.21. The Morgan fingerprint density at radius 1 is 1.39 bits per heavy atom. The van der Waals surface area contributed by atoms with Crippen molar-refractivity contribution in [1.82, 2.24) is 10.6 Å². The van der Waals surface area contributed by atoms with Gasteiger partial charge in [-0.2, -0.15) is 11.8 Å². The molecular weight excluding hydrogens is 421 g/mol. The van der Waals surface area contributed by atoms with Gasteiger partial charge >= 0.3 is 0 Å². The molecule has 1 aromatic rings. The highest BCUT2D eigenvalue weighted by Crippen LogP contribution is 2.37. The Morgan fingerprint density at radius 3 is 2.87 bits per heavy atom. The Hall–Kier alpha value is -0.630. The summed E-state index contributed by atoms with van der Waals surface area (Å²) in [4.78, 5) is 4.74. The number of thioether (sulfide) groups is 1. The molecule has 23 heavy (non-hydrogen) atoms. The fraction of sp³-hybridized carbons (Fsp3) is 0.588. The minimum absolute atomic E-state index is 0. The Kier molecular flexibility index (Phi) is 9.12. The summed E-state index contributed by atoms with van der Waals surface area (Å²) >= 11 is 2.04. The fourth-order valence-corrected chi connectivity index (χ4v) is 3.81. The number of hydrogen-bond acceptors (Lipinski definition) is 3. The summed E-state index contributed by atoms with van der Waals surface area (Å²) in [5.41, 5.74) is 1.13. The largest absolute Gasteiger partial charge is 0.508 e. The topological polar surface area (TPSA) is 56.7 Å². The Bertz CT molecular complexity index is 504. The molecule has 0 radical (unpaired) electrons. The molecular formula is C17H28IN3OS. The van der Waals surface area contributed by atoms with Gasteiger partial charge in [0.05, 0.1) is 6.54 Å². The van der Waals surface area contributed by atoms with Gasteiger partial charge < -0.3 is 15.7 Å². The highest BCUT2D eigenvalue weighted by Gasteiger charge is 2.29. The molecule has 1 heterocycles. The van der Waals surface area contributed by atoms with Gasteiger partial charge in [-0.25, -0.2) is 0 Å². The normalized spacial score (nSPS) is 20.9. The van der Waals surface area contributed by atoms with Gasteiger partial charge in [-0.05, 0) is 56.6 Å². The highest BCUT2D eigenvalue weighted by molar-refractivity contribution is 14.0. The molecule has 0 spiro atoms. The van der Waals surface area contributed by atoms with Crippen LogP contribution >= 0.6 is 35.7 Å². The molecule has 0 aliphatic carbocycles. The van der Waals surface area contributed by atoms with E-state index in [0.717, 1.165) is 37.6 Å². The molecule has 2 rings (SSSR count). The maximum atomic E-state index is 9.48. The van der Waals surface area contributed by atoms with Crippen molar-refractivity contribution in [3.8, 4) is 5.75 Å². The Balaban J connectivity index is 0.00000264. The Morgan fingerprint density at radius 2 is 2.22 bits per heavy atom. The third-order valence-electron chi connectivity index (χ3n) is 3.83. The van der Waals surface area contributed by atoms with Crippen LogP contribution < -0.4 is 10.6 Å². The molecule has 3 N–H and O–H groups in total. The van der Waals surface area contributed by atoms with Gasteiger partial charge in [-0.3, -0.25) is 4.99 Å². The third kappa shape index (κ3) is 7.20. The molecule has 1 aliphatic heterocycles. The van der Waals surface area contributed by atoms with E-state index in [1.165, 1.54) is 18.6 Å². The number of aromatic hydroxyl groups is 1. The monoisotopic (exact) mass is 449 g/mol. The van der Waals surface area contributed by atoms with Gasteiger partial charge in [0.15, 0.2) is 5.96 Å². The van der Waals surface area contributed by atoms with E-state index in [1.807, 2.05) is 30.0 Å². The Labute approximate surface area is 160 Å². The molecule has 1 atom stereocenters. The number of rotatable bonds is 6. The van der Waals surface area contributed by atoms with E-state index in [2.05, 4.69) is 24.5 Å². The average molecular weight is 449 g/mol. The third-order valence-corrected chi connectivity index (χ3v) is 5.36. The van der Waals surface area contributed by atoms with Crippen LogP contribution in [0, 0.1) is 0 Å². The summed E-state index contributed by atoms with van der Waals surface area (Å²) in [6.07, 6.45) is 3.42. The van der Waals surface area contributed by atoms with Crippen LogP contribution in [0.4, 0.5) is 0 Å². The molecule has 1 aromatic carbocycles. The standard InChI is InChI=1S/C17H27N3OS.HI/c1-3-18-16(20-13-17(2)9-5-11-22-17)19-10-8-14-6-4-7-15(21)12-14;/h4,6-7,12,21H,3,5,8-11,13H2,1-2H3,(H2,18,19,20);1H. The van der Waals surface area contributed by atoms with Crippen molar-refractivity contribution >= 4 is 41.7 Å². The van der Waals surface area contributed by atoms with Crippen LogP contribution in [0.25, 0.3) is 0 Å². The van der Waals surface area contributed by atoms with Crippen LogP contribution in [-0.4, -0.2) is 41.2 Å². The van der Waals surface area contributed by atoms with Crippen LogP contribution in [0.2, 0.25) is 0 Å². The lowest BCUT2D eigenvalue weighted by Crippen LogP contribution is -2.39. The van der Waals surface area contributed by atoms with Crippen LogP contribution in [0.1, 0.15) is 32.3 Å². The summed E-state index contributed by atoms with van der Waals surface area (Å²) in [7, 11) is 0. The second-order valence-electron chi connectivity index (χ2n) is 5.94. The molecule has 0 amide bonds. The van der Waals surface area contributed by atoms with Crippen molar-refractivity contribution in [1.29, 1.82) is 0 Å². The van der Waals surface area contributed by atoms with E-state index in [9.17, 15) is 5.11 Å². The predicted octanol–water partition coefficient (Wildman–Crippen LogP) is 3.39. The number of nitrogens with zero attached hydrogens (tertiary/aromatic N) is 1. The quantitative estimate of drug-likeness (QED) is 0.354. The molecule has 1 unspecified atom stereocenters. The first-order valence-electron chi connectivity index (χ1n) is 8.05. The van der Waals surface area contributed by atoms with Crippen molar-refractivity contribution < 1.29 is 5.11 Å². The first-order chi connectivity index (χ1) is 10.6. The number of phenols is 1. The minimum Gasteiger partial charge on any atom is -0.508 e. The molecule has 0 aromatic heterocycles. The SMILES string of the molecule is CCNC(=NCC1(C)CCCS1)NCCc1cccc(O)c1.I. The zero-order valence-electron chi connectivity index (χ0n) is 14.0. The number of nitrogens with one attached hydrogen (secondary N) is 2. The molecule has 0 bridgehead atoms. The van der Waals surface area contributed by atoms with E-state index in [-0.39, 0.29) is 24.0 Å². The van der Waals surface area contributed by atoms with Crippen molar-refractivity contribution in [2.24, 2.45) is 4.99 Å². The lowest BCUT2D eigenvalue weighted by molar-refractivity contribution is 0.474. The van der Waals surface area contributed by atoms with Crippen LogP contribution in [0.5, 0.6) is 5.75 Å². The van der Waals surface area contributed by atoms with Gasteiger partial charge in [-0.1, -0.05) is 12.1 Å². The predicted molar refractivity (Wildman–Crippen MR) is 111 cm³/mol. The molecule has 1 saturated heterocycles. The van der Waals surface area contributed by atoms with Gasteiger partial charge in [0.2, 0.25) is 0 Å². The highest BCUT2D eigenvalue weighted by atomic mass is 127. The van der Waals surface area contributed by atoms with Crippen LogP contribution in [-0.2, 0) is 6.42 Å². The van der Waals surface area contributed by atoms with Gasteiger partial charge in [0.1, 0.15) is 5.75 Å². The van der Waals surface area contributed by atoms with Crippen LogP contribution in [0.3, 0.4) is 0 Å². The maximum absolute atomic E-state index is 9.48. The van der Waals surface area contributed by atoms with Crippen LogP contribution in [0.15, 0.2) is 29.3 Å². The van der Waals surface area contributed by atoms with E-state index in [0.29, 0.717) is 10.5 Å². The van der Waals surface area contributed by atoms with E-state index >= 15 is 0 Å².